The number of anilines is 1. The molecule has 2 N–H and O–H groups in total. The second kappa shape index (κ2) is 8.97. The van der Waals surface area contributed by atoms with Gasteiger partial charge in [0.05, 0.1) is 19.4 Å². The molecule has 2 atom stereocenters. The molecule has 3 aromatic rings. The number of hydrogen-bond acceptors (Lipinski definition) is 5. The number of benzene rings is 2. The van der Waals surface area contributed by atoms with Gasteiger partial charge in [0.1, 0.15) is 11.9 Å². The van der Waals surface area contributed by atoms with Gasteiger partial charge in [0.15, 0.2) is 11.5 Å². The lowest BCUT2D eigenvalue weighted by molar-refractivity contribution is -0.118. The van der Waals surface area contributed by atoms with Crippen molar-refractivity contribution in [1.82, 2.24) is 15.1 Å². The number of aryl methyl sites for hydroxylation is 3. The summed E-state index contributed by atoms with van der Waals surface area (Å²) >= 11 is 0. The summed E-state index contributed by atoms with van der Waals surface area (Å²) in [6, 6.07) is 12.0. The highest BCUT2D eigenvalue weighted by Crippen LogP contribution is 2.41. The van der Waals surface area contributed by atoms with Gasteiger partial charge in [0.25, 0.3) is 5.91 Å². The van der Waals surface area contributed by atoms with E-state index in [4.69, 9.17) is 9.47 Å². The Morgan fingerprint density at radius 1 is 1.18 bits per heavy atom. The number of nitrogens with zero attached hydrogens (tertiary/aromatic N) is 2. The van der Waals surface area contributed by atoms with E-state index in [1.807, 2.05) is 51.1 Å². The molecule has 2 amide bonds. The summed E-state index contributed by atoms with van der Waals surface area (Å²) in [4.78, 5) is 26.3. The van der Waals surface area contributed by atoms with Gasteiger partial charge < -0.3 is 20.1 Å². The minimum atomic E-state index is -0.837. The van der Waals surface area contributed by atoms with Crippen molar-refractivity contribution in [2.24, 2.45) is 7.05 Å². The van der Waals surface area contributed by atoms with E-state index in [1.165, 1.54) is 0 Å². The van der Waals surface area contributed by atoms with Crippen LogP contribution in [-0.4, -0.2) is 41.4 Å². The van der Waals surface area contributed by atoms with Crippen molar-refractivity contribution >= 4 is 17.6 Å². The Kier molecular flexibility index (Phi) is 6.09. The summed E-state index contributed by atoms with van der Waals surface area (Å²) in [6.07, 6.45) is 0. The van der Waals surface area contributed by atoms with Crippen molar-refractivity contribution in [2.75, 3.05) is 19.0 Å². The fourth-order valence-corrected chi connectivity index (χ4v) is 4.38. The van der Waals surface area contributed by atoms with E-state index < -0.39 is 12.0 Å². The second-order valence-corrected chi connectivity index (χ2v) is 8.10. The van der Waals surface area contributed by atoms with Crippen LogP contribution in [-0.2, 0) is 11.8 Å². The molecule has 0 saturated heterocycles. The first-order valence-electron chi connectivity index (χ1n) is 10.9. The molecule has 1 aromatic heterocycles. The Balaban J connectivity index is 1.80. The Labute approximate surface area is 192 Å². The van der Waals surface area contributed by atoms with Crippen LogP contribution in [0.25, 0.3) is 0 Å². The lowest BCUT2D eigenvalue weighted by Crippen LogP contribution is -2.50. The van der Waals surface area contributed by atoms with Crippen LogP contribution < -0.4 is 20.1 Å². The van der Waals surface area contributed by atoms with Crippen LogP contribution in [0.15, 0.2) is 42.5 Å². The summed E-state index contributed by atoms with van der Waals surface area (Å²) in [7, 11) is 3.36. The Bertz CT molecular complexity index is 1220. The van der Waals surface area contributed by atoms with E-state index in [1.54, 1.807) is 31.0 Å². The molecule has 2 aromatic carbocycles. The molecule has 2 heterocycles. The summed E-state index contributed by atoms with van der Waals surface area (Å²) in [5.41, 5.74) is 3.92. The standard InChI is InChI=1S/C25H28N4O4/c1-6-33-18-11-10-16(13-19(18)32-5)21-20-15(3)28-29(4)23(20)27-25(31)22(21)26-24(30)17-9-7-8-14(2)12-17/h7-13,21-22H,6H2,1-5H3,(H,26,30)(H,27,31)/t21-,22+/m0/s1. The monoisotopic (exact) mass is 448 g/mol. The molecule has 0 radical (unpaired) electrons. The maximum absolute atomic E-state index is 13.2. The van der Waals surface area contributed by atoms with E-state index in [0.717, 1.165) is 22.4 Å². The number of methoxy groups -OCH3 is 1. The highest BCUT2D eigenvalue weighted by atomic mass is 16.5. The van der Waals surface area contributed by atoms with Gasteiger partial charge in [-0.15, -0.1) is 0 Å². The van der Waals surface area contributed by atoms with Gasteiger partial charge in [-0.05, 0) is 50.6 Å². The van der Waals surface area contributed by atoms with Crippen LogP contribution in [0.3, 0.4) is 0 Å². The minimum absolute atomic E-state index is 0.302. The number of fused-ring (bicyclic) bond motifs is 1. The van der Waals surface area contributed by atoms with Crippen LogP contribution in [0.1, 0.15) is 45.6 Å². The predicted octanol–water partition coefficient (Wildman–Crippen LogP) is 3.33. The van der Waals surface area contributed by atoms with Crippen LogP contribution in [0.4, 0.5) is 5.82 Å². The summed E-state index contributed by atoms with van der Waals surface area (Å²) < 4.78 is 12.9. The lowest BCUT2D eigenvalue weighted by atomic mass is 9.81. The van der Waals surface area contributed by atoms with Gasteiger partial charge in [0.2, 0.25) is 5.91 Å². The highest BCUT2D eigenvalue weighted by molar-refractivity contribution is 6.04. The first-order valence-corrected chi connectivity index (χ1v) is 10.9. The smallest absolute Gasteiger partial charge is 0.251 e. The van der Waals surface area contributed by atoms with E-state index in [2.05, 4.69) is 15.7 Å². The summed E-state index contributed by atoms with van der Waals surface area (Å²) in [5.74, 6) is 0.730. The first-order chi connectivity index (χ1) is 15.8. The fourth-order valence-electron chi connectivity index (χ4n) is 4.38. The molecule has 172 valence electrons. The third-order valence-electron chi connectivity index (χ3n) is 5.85. The van der Waals surface area contributed by atoms with Crippen molar-refractivity contribution in [2.45, 2.75) is 32.7 Å². The molecule has 8 nitrogen and oxygen atoms in total. The second-order valence-electron chi connectivity index (χ2n) is 8.10. The molecule has 0 unspecified atom stereocenters. The molecular formula is C25H28N4O4. The molecule has 1 aliphatic heterocycles. The van der Waals surface area contributed by atoms with Gasteiger partial charge in [-0.2, -0.15) is 5.10 Å². The van der Waals surface area contributed by atoms with E-state index in [0.29, 0.717) is 29.5 Å². The Hall–Kier alpha value is -3.81. The molecule has 0 aliphatic carbocycles. The van der Waals surface area contributed by atoms with Gasteiger partial charge in [-0.3, -0.25) is 14.3 Å². The van der Waals surface area contributed by atoms with Gasteiger partial charge in [-0.1, -0.05) is 23.8 Å². The zero-order valence-electron chi connectivity index (χ0n) is 19.4. The highest BCUT2D eigenvalue weighted by Gasteiger charge is 2.41. The summed E-state index contributed by atoms with van der Waals surface area (Å²) in [6.45, 7) is 6.22. The number of hydrogen-bond donors (Lipinski definition) is 2. The molecule has 1 aliphatic rings. The van der Waals surface area contributed by atoms with Crippen molar-refractivity contribution in [3.63, 3.8) is 0 Å². The van der Waals surface area contributed by atoms with E-state index in [-0.39, 0.29) is 11.8 Å². The van der Waals surface area contributed by atoms with E-state index in [9.17, 15) is 9.59 Å². The number of nitrogens with one attached hydrogen (secondary N) is 2. The van der Waals surface area contributed by atoms with Crippen LogP contribution in [0.5, 0.6) is 11.5 Å². The van der Waals surface area contributed by atoms with Gasteiger partial charge in [0, 0.05) is 24.1 Å². The van der Waals surface area contributed by atoms with Crippen LogP contribution in [0.2, 0.25) is 0 Å². The Morgan fingerprint density at radius 3 is 2.67 bits per heavy atom. The third kappa shape index (κ3) is 4.16. The largest absolute Gasteiger partial charge is 0.493 e. The number of rotatable bonds is 6. The van der Waals surface area contributed by atoms with Crippen molar-refractivity contribution < 1.29 is 19.1 Å². The lowest BCUT2D eigenvalue weighted by Gasteiger charge is -2.33. The molecule has 4 rings (SSSR count). The first kappa shape index (κ1) is 22.4. The topological polar surface area (TPSA) is 94.5 Å². The number of ether oxygens (including phenoxy) is 2. The molecule has 0 spiro atoms. The normalized spacial score (nSPS) is 17.2. The number of carbonyl (C=O) groups excluding carboxylic acids is 2. The molecular weight excluding hydrogens is 420 g/mol. The number of aromatic nitrogens is 2. The Morgan fingerprint density at radius 2 is 1.97 bits per heavy atom. The van der Waals surface area contributed by atoms with Gasteiger partial charge >= 0.3 is 0 Å². The number of carbonyl (C=O) groups is 2. The van der Waals surface area contributed by atoms with Crippen molar-refractivity contribution in [3.05, 3.63) is 70.4 Å². The maximum atomic E-state index is 13.2. The fraction of sp³-hybridized carbons (Fsp3) is 0.320. The average molecular weight is 449 g/mol. The minimum Gasteiger partial charge on any atom is -0.493 e. The molecule has 0 fully saturated rings. The molecule has 8 heteroatoms. The van der Waals surface area contributed by atoms with Crippen molar-refractivity contribution in [3.8, 4) is 11.5 Å². The van der Waals surface area contributed by atoms with Crippen LogP contribution in [0, 0.1) is 13.8 Å². The SMILES string of the molecule is CCOc1ccc([C@H]2c3c(C)nn(C)c3NC(=O)[C@@H]2NC(=O)c2cccc(C)c2)cc1OC. The van der Waals surface area contributed by atoms with Crippen molar-refractivity contribution in [1.29, 1.82) is 0 Å². The number of amides is 2. The van der Waals surface area contributed by atoms with Gasteiger partial charge in [-0.25, -0.2) is 0 Å². The average Bonchev–Trinajstić information content (AvgIpc) is 3.07. The summed E-state index contributed by atoms with van der Waals surface area (Å²) in [5, 5.41) is 10.4. The molecule has 33 heavy (non-hydrogen) atoms. The molecule has 0 bridgehead atoms. The molecule has 0 saturated carbocycles. The zero-order chi connectivity index (χ0) is 23.7. The quantitative estimate of drug-likeness (QED) is 0.603. The van der Waals surface area contributed by atoms with Crippen LogP contribution >= 0.6 is 0 Å². The van der Waals surface area contributed by atoms with E-state index >= 15 is 0 Å². The zero-order valence-corrected chi connectivity index (χ0v) is 19.4. The predicted molar refractivity (Wildman–Crippen MR) is 125 cm³/mol. The maximum Gasteiger partial charge on any atom is 0.251 e. The third-order valence-corrected chi connectivity index (χ3v) is 5.85.